The molecule has 0 aromatic carbocycles. The van der Waals surface area contributed by atoms with Crippen LogP contribution in [0.3, 0.4) is 0 Å². The summed E-state index contributed by atoms with van der Waals surface area (Å²) >= 11 is 0. The van der Waals surface area contributed by atoms with Crippen molar-refractivity contribution in [3.05, 3.63) is 52.6 Å². The number of nitrogens with zero attached hydrogens (tertiary/aromatic N) is 3. The number of ether oxygens (including phenoxy) is 1. The molecule has 1 fully saturated rings. The molecule has 1 N–H and O–H groups in total. The van der Waals surface area contributed by atoms with Crippen LogP contribution in [0, 0.1) is 0 Å². The third kappa shape index (κ3) is 4.45. The summed E-state index contributed by atoms with van der Waals surface area (Å²) in [5.41, 5.74) is -2.16. The molecule has 3 heterocycles. The predicted molar refractivity (Wildman–Crippen MR) is 91.6 cm³/mol. The lowest BCUT2D eigenvalue weighted by Gasteiger charge is -2.29. The van der Waals surface area contributed by atoms with E-state index in [-0.39, 0.29) is 0 Å². The van der Waals surface area contributed by atoms with E-state index in [1.807, 2.05) is 4.90 Å². The minimum absolute atomic E-state index is 0.421. The van der Waals surface area contributed by atoms with Gasteiger partial charge in [-0.15, -0.1) is 0 Å². The molecule has 144 valence electrons. The van der Waals surface area contributed by atoms with Crippen molar-refractivity contribution in [2.45, 2.75) is 12.7 Å². The number of rotatable bonds is 4. The fraction of sp³-hybridized carbons (Fsp3) is 0.353. The number of morpholine rings is 1. The molecule has 0 unspecified atom stereocenters. The molecule has 0 spiro atoms. The Hall–Kier alpha value is -2.88. The highest BCUT2D eigenvalue weighted by Gasteiger charge is 2.34. The first-order chi connectivity index (χ1) is 12.9. The van der Waals surface area contributed by atoms with E-state index in [1.54, 1.807) is 18.3 Å². The second kappa shape index (κ2) is 7.78. The van der Waals surface area contributed by atoms with Crippen LogP contribution in [0.4, 0.5) is 24.7 Å². The molecule has 0 atom stereocenters. The Kier molecular flexibility index (Phi) is 5.45. The number of nitrogens with one attached hydrogen (secondary N) is 1. The van der Waals surface area contributed by atoms with Crippen LogP contribution in [0.15, 0.2) is 41.5 Å². The summed E-state index contributed by atoms with van der Waals surface area (Å²) in [5, 5.41) is 2.62. The second-order valence-electron chi connectivity index (χ2n) is 5.87. The van der Waals surface area contributed by atoms with Gasteiger partial charge in [-0.2, -0.15) is 13.2 Å². The highest BCUT2D eigenvalue weighted by atomic mass is 19.4. The van der Waals surface area contributed by atoms with E-state index in [4.69, 9.17) is 4.74 Å². The molecule has 1 aliphatic rings. The third-order valence-electron chi connectivity index (χ3n) is 4.01. The van der Waals surface area contributed by atoms with Gasteiger partial charge in [0.15, 0.2) is 5.82 Å². The van der Waals surface area contributed by atoms with Crippen LogP contribution in [0.25, 0.3) is 0 Å². The van der Waals surface area contributed by atoms with Crippen molar-refractivity contribution in [2.75, 3.05) is 36.5 Å². The van der Waals surface area contributed by atoms with E-state index < -0.39 is 29.8 Å². The van der Waals surface area contributed by atoms with Crippen molar-refractivity contribution in [3.8, 4) is 0 Å². The largest absolute Gasteiger partial charge is 0.421 e. The van der Waals surface area contributed by atoms with Crippen LogP contribution in [0.5, 0.6) is 0 Å². The van der Waals surface area contributed by atoms with E-state index in [0.717, 1.165) is 16.8 Å². The van der Waals surface area contributed by atoms with Gasteiger partial charge in [0.05, 0.1) is 18.9 Å². The highest BCUT2D eigenvalue weighted by molar-refractivity contribution is 5.93. The number of pyridine rings is 2. The van der Waals surface area contributed by atoms with Crippen LogP contribution in [-0.2, 0) is 22.3 Å². The molecule has 0 aliphatic carbocycles. The average molecular weight is 382 g/mol. The smallest absolute Gasteiger partial charge is 0.378 e. The maximum absolute atomic E-state index is 12.8. The summed E-state index contributed by atoms with van der Waals surface area (Å²) < 4.78 is 44.5. The minimum Gasteiger partial charge on any atom is -0.378 e. The van der Waals surface area contributed by atoms with Crippen LogP contribution in [0.2, 0.25) is 0 Å². The van der Waals surface area contributed by atoms with E-state index >= 15 is 0 Å². The molecule has 2 aromatic heterocycles. The molecule has 2 aromatic rings. The Bertz CT molecular complexity index is 876. The topological polar surface area (TPSA) is 76.5 Å². The van der Waals surface area contributed by atoms with Gasteiger partial charge < -0.3 is 19.5 Å². The molecule has 1 saturated heterocycles. The molecule has 0 radical (unpaired) electrons. The van der Waals surface area contributed by atoms with E-state index in [2.05, 4.69) is 10.3 Å². The fourth-order valence-electron chi connectivity index (χ4n) is 2.74. The molecule has 3 rings (SSSR count). The van der Waals surface area contributed by atoms with E-state index in [1.165, 1.54) is 0 Å². The number of hydrogen-bond donors (Lipinski definition) is 1. The first-order valence-electron chi connectivity index (χ1n) is 8.20. The summed E-state index contributed by atoms with van der Waals surface area (Å²) in [7, 11) is 0. The third-order valence-corrected chi connectivity index (χ3v) is 4.01. The molecular formula is C17H17F3N4O3. The zero-order valence-electron chi connectivity index (χ0n) is 14.2. The number of amides is 1. The number of aromatic nitrogens is 2. The molecular weight excluding hydrogens is 365 g/mol. The molecule has 1 aliphatic heterocycles. The summed E-state index contributed by atoms with van der Waals surface area (Å²) in [5.74, 6) is -0.0792. The molecule has 27 heavy (non-hydrogen) atoms. The summed E-state index contributed by atoms with van der Waals surface area (Å²) in [6.07, 6.45) is -2.05. The normalized spacial score (nSPS) is 14.9. The molecule has 1 amide bonds. The Morgan fingerprint density at radius 2 is 1.96 bits per heavy atom. The lowest BCUT2D eigenvalue weighted by Crippen LogP contribution is -2.37. The lowest BCUT2D eigenvalue weighted by molar-refractivity contribution is -0.139. The first kappa shape index (κ1) is 18.9. The van der Waals surface area contributed by atoms with Gasteiger partial charge in [-0.3, -0.25) is 9.59 Å². The van der Waals surface area contributed by atoms with Crippen LogP contribution in [-0.4, -0.2) is 41.8 Å². The molecule has 7 nitrogen and oxygen atoms in total. The highest BCUT2D eigenvalue weighted by Crippen LogP contribution is 2.26. The number of hydrogen-bond acceptors (Lipinski definition) is 5. The fourth-order valence-corrected chi connectivity index (χ4v) is 2.74. The summed E-state index contributed by atoms with van der Waals surface area (Å²) in [4.78, 5) is 30.5. The Labute approximate surface area is 152 Å². The molecule has 0 bridgehead atoms. The monoisotopic (exact) mass is 382 g/mol. The number of halogens is 3. The van der Waals surface area contributed by atoms with Gasteiger partial charge in [0.1, 0.15) is 12.1 Å². The first-order valence-corrected chi connectivity index (χ1v) is 8.20. The van der Waals surface area contributed by atoms with Crippen molar-refractivity contribution in [1.82, 2.24) is 9.55 Å². The zero-order valence-corrected chi connectivity index (χ0v) is 14.2. The van der Waals surface area contributed by atoms with Crippen LogP contribution < -0.4 is 15.8 Å². The van der Waals surface area contributed by atoms with Gasteiger partial charge in [0.25, 0.3) is 5.56 Å². The second-order valence-corrected chi connectivity index (χ2v) is 5.87. The van der Waals surface area contributed by atoms with Crippen LogP contribution in [0.1, 0.15) is 5.56 Å². The Balaban J connectivity index is 1.77. The predicted octanol–water partition coefficient (Wildman–Crippen LogP) is 1.74. The van der Waals surface area contributed by atoms with E-state index in [9.17, 15) is 22.8 Å². The number of anilines is 2. The quantitative estimate of drug-likeness (QED) is 0.872. The van der Waals surface area contributed by atoms with Gasteiger partial charge >= 0.3 is 6.18 Å². The van der Waals surface area contributed by atoms with Gasteiger partial charge in [-0.05, 0) is 24.3 Å². The SMILES string of the molecule is O=C(Cn1cccc(C(F)(F)F)c1=O)Nc1cccnc1N1CCOCC1. The van der Waals surface area contributed by atoms with Gasteiger partial charge in [0, 0.05) is 25.5 Å². The van der Waals surface area contributed by atoms with E-state index in [0.29, 0.717) is 43.9 Å². The Morgan fingerprint density at radius 3 is 2.67 bits per heavy atom. The molecule has 0 saturated carbocycles. The zero-order chi connectivity index (χ0) is 19.4. The van der Waals surface area contributed by atoms with Crippen molar-refractivity contribution in [1.29, 1.82) is 0 Å². The van der Waals surface area contributed by atoms with Crippen molar-refractivity contribution >= 4 is 17.4 Å². The Morgan fingerprint density at radius 1 is 1.22 bits per heavy atom. The standard InChI is InChI=1S/C17H17F3N4O3/c18-17(19,20)12-3-2-6-24(16(12)26)11-14(25)22-13-4-1-5-21-15(13)23-7-9-27-10-8-23/h1-6H,7-11H2,(H,22,25). The maximum Gasteiger partial charge on any atom is 0.421 e. The maximum atomic E-state index is 12.8. The average Bonchev–Trinajstić information content (AvgIpc) is 2.63. The number of alkyl halides is 3. The summed E-state index contributed by atoms with van der Waals surface area (Å²) in [6.45, 7) is 1.73. The van der Waals surface area contributed by atoms with Crippen molar-refractivity contribution < 1.29 is 22.7 Å². The van der Waals surface area contributed by atoms with Gasteiger partial charge in [-0.1, -0.05) is 0 Å². The number of carbonyl (C=O) groups excluding carboxylic acids is 1. The number of carbonyl (C=O) groups is 1. The van der Waals surface area contributed by atoms with Crippen molar-refractivity contribution in [2.24, 2.45) is 0 Å². The lowest BCUT2D eigenvalue weighted by atomic mass is 10.2. The molecule has 10 heteroatoms. The minimum atomic E-state index is -4.77. The van der Waals surface area contributed by atoms with Crippen molar-refractivity contribution in [3.63, 3.8) is 0 Å². The van der Waals surface area contributed by atoms with Crippen LogP contribution >= 0.6 is 0 Å². The summed E-state index contributed by atoms with van der Waals surface area (Å²) in [6, 6.07) is 5.05. The van der Waals surface area contributed by atoms with Gasteiger partial charge in [-0.25, -0.2) is 4.98 Å². The van der Waals surface area contributed by atoms with Gasteiger partial charge in [0.2, 0.25) is 5.91 Å².